The van der Waals surface area contributed by atoms with Crippen LogP contribution in [0.1, 0.15) is 37.0 Å². The number of hydrogen-bond donors (Lipinski definition) is 3. The number of thioether (sulfide) groups is 1. The summed E-state index contributed by atoms with van der Waals surface area (Å²) in [6.45, 7) is 4.72. The Morgan fingerprint density at radius 1 is 1.58 bits per heavy atom. The maximum absolute atomic E-state index is 12.1. The molecule has 1 atom stereocenters. The highest BCUT2D eigenvalue weighted by Crippen LogP contribution is 2.30. The molecular weight excluding hydrogens is 280 g/mol. The van der Waals surface area contributed by atoms with Crippen molar-refractivity contribution in [2.45, 2.75) is 38.0 Å². The number of nitrogens with zero attached hydrogens (tertiary/aromatic N) is 1. The Morgan fingerprint density at radius 3 is 3.00 bits per heavy atom. The number of carbonyl (C=O) groups excluding carboxylic acids is 1. The minimum absolute atomic E-state index is 0.0880. The van der Waals surface area contributed by atoms with Gasteiger partial charge >= 0.3 is 0 Å². The van der Waals surface area contributed by atoms with Crippen LogP contribution in [0.15, 0.2) is 0 Å². The Hall–Kier alpha value is -0.950. The van der Waals surface area contributed by atoms with Crippen LogP contribution in [0.2, 0.25) is 0 Å². The first-order valence-electron chi connectivity index (χ1n) is 6.49. The Balaban J connectivity index is 2.01. The molecule has 1 aromatic rings. The van der Waals surface area contributed by atoms with Crippen LogP contribution in [-0.2, 0) is 0 Å². The number of nitrogens with one attached hydrogen (secondary N) is 2. The number of aromatic nitrogens is 1. The normalized spacial score (nSPS) is 18.8. The number of carbonyl (C=O) groups is 1. The van der Waals surface area contributed by atoms with Crippen LogP contribution < -0.4 is 16.4 Å². The molecule has 1 saturated heterocycles. The molecule has 19 heavy (non-hydrogen) atoms. The minimum atomic E-state index is -0.150. The Kier molecular flexibility index (Phi) is 4.93. The summed E-state index contributed by atoms with van der Waals surface area (Å²) < 4.78 is 4.08. The molecule has 1 fully saturated rings. The van der Waals surface area contributed by atoms with Crippen molar-refractivity contribution in [3.63, 3.8) is 0 Å². The van der Waals surface area contributed by atoms with Gasteiger partial charge in [-0.15, -0.1) is 0 Å². The van der Waals surface area contributed by atoms with Crippen molar-refractivity contribution in [2.75, 3.05) is 23.3 Å². The second kappa shape index (κ2) is 6.47. The first-order chi connectivity index (χ1) is 9.08. The molecule has 0 bridgehead atoms. The lowest BCUT2D eigenvalue weighted by Crippen LogP contribution is -2.31. The molecular formula is C12H20N4OS2. The van der Waals surface area contributed by atoms with Crippen LogP contribution in [0, 0.1) is 0 Å². The van der Waals surface area contributed by atoms with Gasteiger partial charge in [0.15, 0.2) is 5.82 Å². The van der Waals surface area contributed by atoms with E-state index >= 15 is 0 Å². The molecule has 106 valence electrons. The van der Waals surface area contributed by atoms with E-state index in [1.807, 2.05) is 25.6 Å². The topological polar surface area (TPSA) is 80.0 Å². The van der Waals surface area contributed by atoms with Gasteiger partial charge in [-0.1, -0.05) is 0 Å². The van der Waals surface area contributed by atoms with E-state index in [0.29, 0.717) is 16.6 Å². The average molecular weight is 300 g/mol. The smallest absolute Gasteiger partial charge is 0.258 e. The SMILES string of the molecule is CC(C)NC(=O)c1c(N)nsc1NCC1CCCS1. The van der Waals surface area contributed by atoms with Crippen molar-refractivity contribution >= 4 is 40.0 Å². The number of amides is 1. The molecule has 0 aromatic carbocycles. The van der Waals surface area contributed by atoms with Crippen molar-refractivity contribution in [1.82, 2.24) is 9.69 Å². The summed E-state index contributed by atoms with van der Waals surface area (Å²) in [6, 6.07) is 0.0880. The van der Waals surface area contributed by atoms with Crippen LogP contribution in [0.5, 0.6) is 0 Å². The molecule has 0 saturated carbocycles. The van der Waals surface area contributed by atoms with Gasteiger partial charge < -0.3 is 16.4 Å². The molecule has 2 heterocycles. The highest BCUT2D eigenvalue weighted by molar-refractivity contribution is 8.00. The number of nitrogens with two attached hydrogens (primary N) is 1. The zero-order valence-electron chi connectivity index (χ0n) is 11.2. The lowest BCUT2D eigenvalue weighted by atomic mass is 10.2. The third-order valence-electron chi connectivity index (χ3n) is 2.88. The zero-order chi connectivity index (χ0) is 13.8. The fourth-order valence-electron chi connectivity index (χ4n) is 1.99. The molecule has 0 aliphatic carbocycles. The van der Waals surface area contributed by atoms with Gasteiger partial charge in [0.1, 0.15) is 10.6 Å². The highest BCUT2D eigenvalue weighted by atomic mass is 32.2. The molecule has 2 rings (SSSR count). The average Bonchev–Trinajstić information content (AvgIpc) is 2.94. The molecule has 1 unspecified atom stereocenters. The standard InChI is InChI=1S/C12H20N4OS2/c1-7(2)15-11(17)9-10(13)16-19-12(9)14-6-8-4-3-5-18-8/h7-8,14H,3-6H2,1-2H3,(H2,13,16)(H,15,17). The van der Waals surface area contributed by atoms with Gasteiger partial charge in [0.2, 0.25) is 0 Å². The molecule has 1 aliphatic rings. The molecule has 4 N–H and O–H groups in total. The fraction of sp³-hybridized carbons (Fsp3) is 0.667. The predicted molar refractivity (Wildman–Crippen MR) is 83.1 cm³/mol. The van der Waals surface area contributed by atoms with Crippen LogP contribution in [0.25, 0.3) is 0 Å². The largest absolute Gasteiger partial charge is 0.382 e. The van der Waals surface area contributed by atoms with E-state index in [4.69, 9.17) is 5.73 Å². The van der Waals surface area contributed by atoms with Crippen molar-refractivity contribution in [3.8, 4) is 0 Å². The molecule has 7 heteroatoms. The first-order valence-corrected chi connectivity index (χ1v) is 8.31. The highest BCUT2D eigenvalue weighted by Gasteiger charge is 2.21. The van der Waals surface area contributed by atoms with E-state index in [1.54, 1.807) is 0 Å². The third-order valence-corrected chi connectivity index (χ3v) is 5.10. The Bertz CT molecular complexity index is 441. The van der Waals surface area contributed by atoms with Gasteiger partial charge in [-0.2, -0.15) is 16.1 Å². The quantitative estimate of drug-likeness (QED) is 0.776. The summed E-state index contributed by atoms with van der Waals surface area (Å²) in [6.07, 6.45) is 2.52. The number of nitrogen functional groups attached to an aromatic ring is 1. The van der Waals surface area contributed by atoms with Gasteiger partial charge in [0, 0.05) is 17.8 Å². The zero-order valence-corrected chi connectivity index (χ0v) is 12.9. The van der Waals surface area contributed by atoms with Gasteiger partial charge in [-0.3, -0.25) is 4.79 Å². The van der Waals surface area contributed by atoms with E-state index in [-0.39, 0.29) is 11.9 Å². The number of anilines is 2. The van der Waals surface area contributed by atoms with Crippen LogP contribution in [0.3, 0.4) is 0 Å². The fourth-order valence-corrected chi connectivity index (χ4v) is 3.91. The molecule has 5 nitrogen and oxygen atoms in total. The monoisotopic (exact) mass is 300 g/mol. The molecule has 1 amide bonds. The molecule has 0 radical (unpaired) electrons. The van der Waals surface area contributed by atoms with Crippen molar-refractivity contribution < 1.29 is 4.79 Å². The van der Waals surface area contributed by atoms with Gasteiger partial charge in [-0.05, 0) is 44.0 Å². The second-order valence-electron chi connectivity index (χ2n) is 4.92. The van der Waals surface area contributed by atoms with Crippen LogP contribution in [-0.4, -0.2) is 33.9 Å². The molecule has 1 aromatic heterocycles. The van der Waals surface area contributed by atoms with Crippen LogP contribution >= 0.6 is 23.3 Å². The van der Waals surface area contributed by atoms with Gasteiger partial charge in [0.05, 0.1) is 0 Å². The third kappa shape index (κ3) is 3.76. The van der Waals surface area contributed by atoms with Crippen molar-refractivity contribution in [3.05, 3.63) is 5.56 Å². The maximum Gasteiger partial charge on any atom is 0.258 e. The summed E-state index contributed by atoms with van der Waals surface area (Å²) in [4.78, 5) is 12.1. The van der Waals surface area contributed by atoms with E-state index in [1.165, 1.54) is 30.1 Å². The number of hydrogen-bond acceptors (Lipinski definition) is 6. The van der Waals surface area contributed by atoms with E-state index in [0.717, 1.165) is 11.5 Å². The van der Waals surface area contributed by atoms with E-state index in [9.17, 15) is 4.79 Å². The summed E-state index contributed by atoms with van der Waals surface area (Å²) in [5.74, 6) is 1.39. The first kappa shape index (κ1) is 14.5. The lowest BCUT2D eigenvalue weighted by Gasteiger charge is -2.12. The maximum atomic E-state index is 12.1. The summed E-state index contributed by atoms with van der Waals surface area (Å²) in [5, 5.41) is 7.59. The summed E-state index contributed by atoms with van der Waals surface area (Å²) in [7, 11) is 0. The minimum Gasteiger partial charge on any atom is -0.382 e. The van der Waals surface area contributed by atoms with E-state index in [2.05, 4.69) is 15.0 Å². The molecule has 1 aliphatic heterocycles. The molecule has 0 spiro atoms. The summed E-state index contributed by atoms with van der Waals surface area (Å²) >= 11 is 3.24. The van der Waals surface area contributed by atoms with Crippen LogP contribution in [0.4, 0.5) is 10.8 Å². The lowest BCUT2D eigenvalue weighted by molar-refractivity contribution is 0.0945. The van der Waals surface area contributed by atoms with Crippen molar-refractivity contribution in [2.24, 2.45) is 0 Å². The number of rotatable bonds is 5. The van der Waals surface area contributed by atoms with Gasteiger partial charge in [-0.25, -0.2) is 0 Å². The van der Waals surface area contributed by atoms with Crippen molar-refractivity contribution in [1.29, 1.82) is 0 Å². The van der Waals surface area contributed by atoms with Gasteiger partial charge in [0.25, 0.3) is 5.91 Å². The van der Waals surface area contributed by atoms with E-state index < -0.39 is 0 Å². The Morgan fingerprint density at radius 2 is 2.37 bits per heavy atom. The Labute approximate surface area is 121 Å². The second-order valence-corrected chi connectivity index (χ2v) is 7.10. The summed E-state index contributed by atoms with van der Waals surface area (Å²) in [5.41, 5.74) is 6.28. The predicted octanol–water partition coefficient (Wildman–Crippen LogP) is 2.17.